The number of carboxylic acids is 1. The molecular weight excluding hydrogens is 250 g/mol. The Bertz CT molecular complexity index is 399. The van der Waals surface area contributed by atoms with Gasteiger partial charge in [-0.2, -0.15) is 0 Å². The molecule has 0 aliphatic carbocycles. The zero-order chi connectivity index (χ0) is 13.0. The average Bonchev–Trinajstić information content (AvgIpc) is 2.40. The Labute approximate surface area is 112 Å². The molecule has 1 aromatic carbocycles. The van der Waals surface area contributed by atoms with Crippen LogP contribution < -0.4 is 4.90 Å². The van der Waals surface area contributed by atoms with Crippen molar-refractivity contribution in [1.82, 2.24) is 0 Å². The van der Waals surface area contributed by atoms with Crippen LogP contribution in [0.3, 0.4) is 0 Å². The molecule has 1 atom stereocenters. The maximum Gasteiger partial charge on any atom is 0.321 e. The van der Waals surface area contributed by atoms with Crippen molar-refractivity contribution in [3.8, 4) is 0 Å². The van der Waals surface area contributed by atoms with Gasteiger partial charge in [0.05, 0.1) is 0 Å². The van der Waals surface area contributed by atoms with Crippen molar-refractivity contribution >= 4 is 23.3 Å². The van der Waals surface area contributed by atoms with Gasteiger partial charge in [-0.05, 0) is 43.4 Å². The summed E-state index contributed by atoms with van der Waals surface area (Å²) >= 11 is 5.73. The van der Waals surface area contributed by atoms with Crippen molar-refractivity contribution in [3.63, 3.8) is 0 Å². The maximum absolute atomic E-state index is 10.7. The molecule has 1 heterocycles. The molecule has 0 bridgehead atoms. The number of halogens is 1. The fraction of sp³-hybridized carbons (Fsp3) is 0.500. The molecule has 0 amide bonds. The van der Waals surface area contributed by atoms with E-state index in [1.54, 1.807) is 0 Å². The second kappa shape index (κ2) is 6.10. The summed E-state index contributed by atoms with van der Waals surface area (Å²) in [4.78, 5) is 13.1. The highest BCUT2D eigenvalue weighted by Gasteiger charge is 2.15. The second-order valence-electron chi connectivity index (χ2n) is 4.72. The Morgan fingerprint density at radius 1 is 1.22 bits per heavy atom. The summed E-state index contributed by atoms with van der Waals surface area (Å²) in [6.07, 6.45) is 4.20. The van der Waals surface area contributed by atoms with E-state index in [0.717, 1.165) is 18.7 Å². The standard InChI is InChI=1S/C14H18ClNO2/c15-13(14(17)18)10-11-4-6-12(7-5-11)16-8-2-1-3-9-16/h4-7,13H,1-3,8-10H2,(H,17,18). The third-order valence-corrected chi connectivity index (χ3v) is 3.68. The van der Waals surface area contributed by atoms with Gasteiger partial charge >= 0.3 is 5.97 Å². The minimum absolute atomic E-state index is 0.372. The Kier molecular flexibility index (Phi) is 4.48. The lowest BCUT2D eigenvalue weighted by atomic mass is 10.1. The summed E-state index contributed by atoms with van der Waals surface area (Å²) < 4.78 is 0. The van der Waals surface area contributed by atoms with Crippen LogP contribution in [0.15, 0.2) is 24.3 Å². The van der Waals surface area contributed by atoms with E-state index in [-0.39, 0.29) is 0 Å². The fourth-order valence-electron chi connectivity index (χ4n) is 2.29. The summed E-state index contributed by atoms with van der Waals surface area (Å²) in [7, 11) is 0. The highest BCUT2D eigenvalue weighted by atomic mass is 35.5. The van der Waals surface area contributed by atoms with Crippen molar-refractivity contribution in [3.05, 3.63) is 29.8 Å². The van der Waals surface area contributed by atoms with Crippen LogP contribution in [-0.4, -0.2) is 29.5 Å². The van der Waals surface area contributed by atoms with Gasteiger partial charge in [0.15, 0.2) is 0 Å². The summed E-state index contributed by atoms with van der Waals surface area (Å²) in [6, 6.07) is 8.07. The van der Waals surface area contributed by atoms with E-state index in [2.05, 4.69) is 17.0 Å². The number of hydrogen-bond acceptors (Lipinski definition) is 2. The molecule has 0 radical (unpaired) electrons. The van der Waals surface area contributed by atoms with Crippen LogP contribution in [0.25, 0.3) is 0 Å². The second-order valence-corrected chi connectivity index (χ2v) is 5.25. The van der Waals surface area contributed by atoms with Crippen LogP contribution in [0, 0.1) is 0 Å². The van der Waals surface area contributed by atoms with Gasteiger partial charge in [0.1, 0.15) is 5.38 Å². The lowest BCUT2D eigenvalue weighted by Crippen LogP contribution is -2.29. The quantitative estimate of drug-likeness (QED) is 0.853. The number of alkyl halides is 1. The molecule has 0 aromatic heterocycles. The van der Waals surface area contributed by atoms with Crippen molar-refractivity contribution in [2.45, 2.75) is 31.1 Å². The molecule has 1 unspecified atom stereocenters. The van der Waals surface area contributed by atoms with Crippen molar-refractivity contribution in [2.24, 2.45) is 0 Å². The SMILES string of the molecule is O=C(O)C(Cl)Cc1ccc(N2CCCCC2)cc1. The summed E-state index contributed by atoms with van der Waals surface area (Å²) in [5.74, 6) is -0.961. The maximum atomic E-state index is 10.7. The average molecular weight is 268 g/mol. The van der Waals surface area contributed by atoms with E-state index in [0.29, 0.717) is 6.42 Å². The zero-order valence-electron chi connectivity index (χ0n) is 10.3. The monoisotopic (exact) mass is 267 g/mol. The Hall–Kier alpha value is -1.22. The number of aliphatic carboxylic acids is 1. The molecule has 0 saturated carbocycles. The molecule has 18 heavy (non-hydrogen) atoms. The van der Waals surface area contributed by atoms with Gasteiger partial charge in [0.2, 0.25) is 0 Å². The molecule has 4 heteroatoms. The van der Waals surface area contributed by atoms with Crippen LogP contribution in [0.1, 0.15) is 24.8 Å². The molecule has 1 aliphatic rings. The predicted molar refractivity (Wildman–Crippen MR) is 73.5 cm³/mol. The molecule has 98 valence electrons. The van der Waals surface area contributed by atoms with E-state index >= 15 is 0 Å². The molecule has 0 spiro atoms. The molecule has 2 rings (SSSR count). The number of piperidine rings is 1. The number of carboxylic acid groups (broad SMARTS) is 1. The lowest BCUT2D eigenvalue weighted by molar-refractivity contribution is -0.136. The fourth-order valence-corrected chi connectivity index (χ4v) is 2.47. The summed E-state index contributed by atoms with van der Waals surface area (Å²) in [6.45, 7) is 2.24. The number of hydrogen-bond donors (Lipinski definition) is 1. The number of benzene rings is 1. The molecule has 1 aromatic rings. The van der Waals surface area contributed by atoms with E-state index < -0.39 is 11.3 Å². The highest BCUT2D eigenvalue weighted by molar-refractivity contribution is 6.29. The van der Waals surface area contributed by atoms with Gasteiger partial charge in [-0.15, -0.1) is 11.6 Å². The molecule has 1 aliphatic heterocycles. The topological polar surface area (TPSA) is 40.5 Å². The van der Waals surface area contributed by atoms with Gasteiger partial charge in [0.25, 0.3) is 0 Å². The van der Waals surface area contributed by atoms with Crippen LogP contribution in [-0.2, 0) is 11.2 Å². The van der Waals surface area contributed by atoms with Crippen molar-refractivity contribution in [1.29, 1.82) is 0 Å². The van der Waals surface area contributed by atoms with Gasteiger partial charge in [-0.3, -0.25) is 4.79 Å². The summed E-state index contributed by atoms with van der Waals surface area (Å²) in [5.41, 5.74) is 2.19. The van der Waals surface area contributed by atoms with E-state index in [9.17, 15) is 4.79 Å². The zero-order valence-corrected chi connectivity index (χ0v) is 11.1. The number of nitrogens with zero attached hydrogens (tertiary/aromatic N) is 1. The molecular formula is C14H18ClNO2. The Morgan fingerprint density at radius 2 is 1.83 bits per heavy atom. The van der Waals surface area contributed by atoms with Crippen LogP contribution in [0.4, 0.5) is 5.69 Å². The first-order valence-corrected chi connectivity index (χ1v) is 6.81. The number of rotatable bonds is 4. The Morgan fingerprint density at radius 3 is 2.39 bits per heavy atom. The largest absolute Gasteiger partial charge is 0.480 e. The molecule has 1 saturated heterocycles. The lowest BCUT2D eigenvalue weighted by Gasteiger charge is -2.28. The smallest absolute Gasteiger partial charge is 0.321 e. The van der Waals surface area contributed by atoms with Crippen LogP contribution >= 0.6 is 11.6 Å². The minimum Gasteiger partial charge on any atom is -0.480 e. The highest BCUT2D eigenvalue weighted by Crippen LogP contribution is 2.21. The number of carbonyl (C=O) groups is 1. The van der Waals surface area contributed by atoms with Gasteiger partial charge in [-0.1, -0.05) is 12.1 Å². The molecule has 3 nitrogen and oxygen atoms in total. The first-order valence-electron chi connectivity index (χ1n) is 6.37. The molecule has 1 fully saturated rings. The predicted octanol–water partition coefficient (Wildman–Crippen LogP) is 2.91. The van der Waals surface area contributed by atoms with Gasteiger partial charge in [0, 0.05) is 18.8 Å². The molecule has 1 N–H and O–H groups in total. The van der Waals surface area contributed by atoms with E-state index in [1.165, 1.54) is 24.9 Å². The van der Waals surface area contributed by atoms with Crippen LogP contribution in [0.2, 0.25) is 0 Å². The Balaban J connectivity index is 1.98. The van der Waals surface area contributed by atoms with Crippen molar-refractivity contribution in [2.75, 3.05) is 18.0 Å². The normalized spacial score (nSPS) is 17.5. The third-order valence-electron chi connectivity index (χ3n) is 3.34. The van der Waals surface area contributed by atoms with Gasteiger partial charge in [-0.25, -0.2) is 0 Å². The van der Waals surface area contributed by atoms with Crippen molar-refractivity contribution < 1.29 is 9.90 Å². The first kappa shape index (κ1) is 13.2. The summed E-state index contributed by atoms with van der Waals surface area (Å²) in [5, 5.41) is 7.92. The van der Waals surface area contributed by atoms with E-state index in [1.807, 2.05) is 12.1 Å². The first-order chi connectivity index (χ1) is 8.66. The van der Waals surface area contributed by atoms with Crippen LogP contribution in [0.5, 0.6) is 0 Å². The van der Waals surface area contributed by atoms with E-state index in [4.69, 9.17) is 16.7 Å². The van der Waals surface area contributed by atoms with Gasteiger partial charge < -0.3 is 10.0 Å². The minimum atomic E-state index is -0.961. The third kappa shape index (κ3) is 3.39. The number of anilines is 1.